The third kappa shape index (κ3) is 3.14. The molecule has 94 valence electrons. The first-order chi connectivity index (χ1) is 7.92. The molecule has 0 aliphatic rings. The average molecular weight is 256 g/mol. The summed E-state index contributed by atoms with van der Waals surface area (Å²) in [5.41, 5.74) is 1.30. The number of sulfone groups is 1. The van der Waals surface area contributed by atoms with E-state index in [0.29, 0.717) is 5.56 Å². The average Bonchev–Trinajstić information content (AvgIpc) is 2.30. The van der Waals surface area contributed by atoms with Crippen LogP contribution in [0.4, 0.5) is 0 Å². The largest absolute Gasteiger partial charge is 0.395 e. The van der Waals surface area contributed by atoms with Crippen LogP contribution in [-0.2, 0) is 9.84 Å². The summed E-state index contributed by atoms with van der Waals surface area (Å²) in [7, 11) is -3.57. The second-order valence-corrected chi connectivity index (χ2v) is 6.33. The Labute approximate surface area is 101 Å². The number of ketones is 1. The number of hydrogen-bond donors (Lipinski definition) is 1. The molecule has 17 heavy (non-hydrogen) atoms. The van der Waals surface area contributed by atoms with E-state index in [4.69, 9.17) is 5.11 Å². The number of aryl methyl sites for hydroxylation is 1. The molecule has 5 heteroatoms. The Morgan fingerprint density at radius 2 is 1.82 bits per heavy atom. The molecule has 0 aromatic heterocycles. The topological polar surface area (TPSA) is 71.4 Å². The van der Waals surface area contributed by atoms with Crippen LogP contribution in [0.1, 0.15) is 22.8 Å². The van der Waals surface area contributed by atoms with E-state index in [-0.39, 0.29) is 5.75 Å². The van der Waals surface area contributed by atoms with Gasteiger partial charge in [0.25, 0.3) is 0 Å². The molecule has 0 saturated heterocycles. The van der Waals surface area contributed by atoms with Gasteiger partial charge in [0, 0.05) is 11.3 Å². The van der Waals surface area contributed by atoms with Crippen LogP contribution in [0.25, 0.3) is 0 Å². The fourth-order valence-electron chi connectivity index (χ4n) is 1.46. The zero-order chi connectivity index (χ0) is 13.1. The summed E-state index contributed by atoms with van der Waals surface area (Å²) in [6.07, 6.45) is 0. The van der Waals surface area contributed by atoms with Crippen LogP contribution in [-0.4, -0.2) is 36.9 Å². The summed E-state index contributed by atoms with van der Waals surface area (Å²) in [6, 6.07) is 6.62. The predicted octanol–water partition coefficient (Wildman–Crippen LogP) is 0.973. The molecule has 0 bridgehead atoms. The molecule has 1 atom stereocenters. The molecule has 4 nitrogen and oxygen atoms in total. The lowest BCUT2D eigenvalue weighted by atomic mass is 10.1. The van der Waals surface area contributed by atoms with Gasteiger partial charge in [0.1, 0.15) is 5.25 Å². The first kappa shape index (κ1) is 13.9. The zero-order valence-corrected chi connectivity index (χ0v) is 10.7. The second kappa shape index (κ2) is 5.42. The number of rotatable bonds is 5. The number of carbonyl (C=O) groups excluding carboxylic acids is 1. The molecule has 0 spiro atoms. The third-order valence-corrected chi connectivity index (χ3v) is 4.67. The van der Waals surface area contributed by atoms with Crippen molar-refractivity contribution in [3.8, 4) is 0 Å². The van der Waals surface area contributed by atoms with Crippen LogP contribution in [0, 0.1) is 6.92 Å². The maximum Gasteiger partial charge on any atom is 0.183 e. The summed E-state index contributed by atoms with van der Waals surface area (Å²) < 4.78 is 23.3. The van der Waals surface area contributed by atoms with Crippen molar-refractivity contribution in [3.63, 3.8) is 0 Å². The van der Waals surface area contributed by atoms with Crippen molar-refractivity contribution in [1.82, 2.24) is 0 Å². The highest BCUT2D eigenvalue weighted by Crippen LogP contribution is 2.12. The van der Waals surface area contributed by atoms with Crippen molar-refractivity contribution in [2.75, 3.05) is 12.4 Å². The highest BCUT2D eigenvalue weighted by atomic mass is 32.2. The van der Waals surface area contributed by atoms with Gasteiger partial charge in [-0.3, -0.25) is 4.79 Å². The molecule has 1 N–H and O–H groups in total. The van der Waals surface area contributed by atoms with E-state index in [1.165, 1.54) is 6.92 Å². The second-order valence-electron chi connectivity index (χ2n) is 3.85. The van der Waals surface area contributed by atoms with E-state index >= 15 is 0 Å². The van der Waals surface area contributed by atoms with Crippen molar-refractivity contribution < 1.29 is 18.3 Å². The minimum absolute atomic E-state index is 0.157. The molecule has 0 heterocycles. The van der Waals surface area contributed by atoms with Gasteiger partial charge >= 0.3 is 0 Å². The molecule has 1 rings (SSSR count). The molecule has 0 fully saturated rings. The van der Waals surface area contributed by atoms with Crippen molar-refractivity contribution in [3.05, 3.63) is 35.4 Å². The quantitative estimate of drug-likeness (QED) is 0.797. The Morgan fingerprint density at radius 1 is 1.29 bits per heavy atom. The Morgan fingerprint density at radius 3 is 2.24 bits per heavy atom. The van der Waals surface area contributed by atoms with E-state index < -0.39 is 27.5 Å². The number of aliphatic hydroxyl groups excluding tert-OH is 1. The Kier molecular flexibility index (Phi) is 4.42. The summed E-state index contributed by atoms with van der Waals surface area (Å²) >= 11 is 0. The minimum atomic E-state index is -3.57. The van der Waals surface area contributed by atoms with E-state index in [1.807, 2.05) is 6.92 Å². The van der Waals surface area contributed by atoms with Gasteiger partial charge in [-0.15, -0.1) is 0 Å². The maximum atomic E-state index is 12.0. The van der Waals surface area contributed by atoms with E-state index in [2.05, 4.69) is 0 Å². The van der Waals surface area contributed by atoms with Gasteiger partial charge in [0.2, 0.25) is 0 Å². The van der Waals surface area contributed by atoms with Gasteiger partial charge in [-0.1, -0.05) is 36.8 Å². The van der Waals surface area contributed by atoms with Crippen LogP contribution in [0.3, 0.4) is 0 Å². The number of carbonyl (C=O) groups is 1. The molecule has 1 unspecified atom stereocenters. The van der Waals surface area contributed by atoms with E-state index in [9.17, 15) is 13.2 Å². The fourth-order valence-corrected chi connectivity index (χ4v) is 2.56. The molecule has 1 aromatic rings. The zero-order valence-electron chi connectivity index (χ0n) is 9.88. The Balaban J connectivity index is 3.07. The first-order valence-corrected chi connectivity index (χ1v) is 7.07. The lowest BCUT2D eigenvalue weighted by Crippen LogP contribution is -2.35. The van der Waals surface area contributed by atoms with Gasteiger partial charge in [-0.25, -0.2) is 8.42 Å². The smallest absolute Gasteiger partial charge is 0.183 e. The normalized spacial score (nSPS) is 13.4. The molecule has 1 aromatic carbocycles. The van der Waals surface area contributed by atoms with Crippen LogP contribution in [0.15, 0.2) is 24.3 Å². The van der Waals surface area contributed by atoms with Gasteiger partial charge in [0.15, 0.2) is 15.6 Å². The highest BCUT2D eigenvalue weighted by molar-refractivity contribution is 7.92. The van der Waals surface area contributed by atoms with Crippen LogP contribution < -0.4 is 0 Å². The lowest BCUT2D eigenvalue weighted by Gasteiger charge is -2.12. The molecular weight excluding hydrogens is 240 g/mol. The standard InChI is InChI=1S/C12H16O4S/c1-3-17(15,16)11(8-13)12(14)10-6-4-9(2)5-7-10/h4-7,11,13H,3,8H2,1-2H3. The number of aliphatic hydroxyl groups is 1. The SMILES string of the molecule is CCS(=O)(=O)C(CO)C(=O)c1ccc(C)cc1. The Bertz CT molecular complexity index is 488. The molecule has 0 saturated carbocycles. The predicted molar refractivity (Wildman–Crippen MR) is 65.8 cm³/mol. The van der Waals surface area contributed by atoms with Crippen molar-refractivity contribution in [2.24, 2.45) is 0 Å². The van der Waals surface area contributed by atoms with Crippen LogP contribution in [0.5, 0.6) is 0 Å². The molecule has 0 aliphatic carbocycles. The van der Waals surface area contributed by atoms with E-state index in [1.54, 1.807) is 24.3 Å². The number of hydrogen-bond acceptors (Lipinski definition) is 4. The monoisotopic (exact) mass is 256 g/mol. The molecule has 0 amide bonds. The summed E-state index contributed by atoms with van der Waals surface area (Å²) in [6.45, 7) is 2.66. The van der Waals surface area contributed by atoms with Crippen LogP contribution >= 0.6 is 0 Å². The summed E-state index contributed by atoms with van der Waals surface area (Å²) in [5, 5.41) is 7.73. The first-order valence-electron chi connectivity index (χ1n) is 5.35. The third-order valence-electron chi connectivity index (χ3n) is 2.63. The summed E-state index contributed by atoms with van der Waals surface area (Å²) in [4.78, 5) is 12.0. The van der Waals surface area contributed by atoms with Gasteiger partial charge in [-0.05, 0) is 6.92 Å². The number of benzene rings is 1. The van der Waals surface area contributed by atoms with Crippen LogP contribution in [0.2, 0.25) is 0 Å². The maximum absolute atomic E-state index is 12.0. The Hall–Kier alpha value is -1.20. The summed E-state index contributed by atoms with van der Waals surface area (Å²) in [5.74, 6) is -0.704. The number of Topliss-reactive ketones (excluding diaryl/α,β-unsaturated/α-hetero) is 1. The highest BCUT2D eigenvalue weighted by Gasteiger charge is 2.30. The lowest BCUT2D eigenvalue weighted by molar-refractivity contribution is 0.0961. The minimum Gasteiger partial charge on any atom is -0.395 e. The molecule has 0 aliphatic heterocycles. The van der Waals surface area contributed by atoms with Crippen molar-refractivity contribution in [2.45, 2.75) is 19.1 Å². The van der Waals surface area contributed by atoms with Crippen molar-refractivity contribution in [1.29, 1.82) is 0 Å². The van der Waals surface area contributed by atoms with Gasteiger partial charge in [0.05, 0.1) is 6.61 Å². The molecular formula is C12H16O4S. The van der Waals surface area contributed by atoms with Gasteiger partial charge in [-0.2, -0.15) is 0 Å². The van der Waals surface area contributed by atoms with Gasteiger partial charge < -0.3 is 5.11 Å². The van der Waals surface area contributed by atoms with Crippen molar-refractivity contribution >= 4 is 15.6 Å². The van der Waals surface area contributed by atoms with E-state index in [0.717, 1.165) is 5.56 Å². The molecule has 0 radical (unpaired) electrons. The fraction of sp³-hybridized carbons (Fsp3) is 0.417.